The summed E-state index contributed by atoms with van der Waals surface area (Å²) in [6.07, 6.45) is 1.90. The van der Waals surface area contributed by atoms with Crippen LogP contribution in [0.2, 0.25) is 0 Å². The fourth-order valence-electron chi connectivity index (χ4n) is 3.17. The van der Waals surface area contributed by atoms with E-state index in [1.807, 2.05) is 32.0 Å². The van der Waals surface area contributed by atoms with Crippen LogP contribution >= 0.6 is 0 Å². The van der Waals surface area contributed by atoms with Crippen molar-refractivity contribution in [1.82, 2.24) is 16.3 Å². The molecule has 0 aliphatic carbocycles. The Hall–Kier alpha value is -3.50. The zero-order chi connectivity index (χ0) is 22.4. The minimum Gasteiger partial charge on any atom is -0.493 e. The van der Waals surface area contributed by atoms with E-state index in [0.29, 0.717) is 23.5 Å². The van der Waals surface area contributed by atoms with Crippen LogP contribution in [0.25, 0.3) is 0 Å². The van der Waals surface area contributed by atoms with Crippen LogP contribution in [0.1, 0.15) is 37.4 Å². The number of amides is 1. The first-order valence-electron chi connectivity index (χ1n) is 9.80. The van der Waals surface area contributed by atoms with Gasteiger partial charge in [-0.05, 0) is 38.0 Å². The minimum atomic E-state index is -0.496. The molecule has 1 amide bonds. The number of nitrogens with one attached hydrogen (secondary N) is 3. The smallest absolute Gasteiger partial charge is 0.270 e. The molecule has 2 unspecified atom stereocenters. The summed E-state index contributed by atoms with van der Waals surface area (Å²) in [7, 11) is 1.59. The van der Waals surface area contributed by atoms with Crippen LogP contribution in [0, 0.1) is 10.1 Å². The number of hydrogen-bond donors (Lipinski definition) is 3. The number of hydrogen-bond acceptors (Lipinski definition) is 8. The summed E-state index contributed by atoms with van der Waals surface area (Å²) in [4.78, 5) is 22.7. The van der Waals surface area contributed by atoms with E-state index in [1.165, 1.54) is 18.3 Å². The van der Waals surface area contributed by atoms with E-state index in [0.717, 1.165) is 5.56 Å². The van der Waals surface area contributed by atoms with E-state index in [2.05, 4.69) is 21.4 Å². The standard InChI is InChI=1S/C21H25N5O5/c1-13(2)31-19-8-7-15(10-20(19)30-3)17-11-18(24-23-17)21(27)25-22-12-14-5-4-6-16(9-14)26(28)29/h4-10,12-13,17-18,23-24H,11H2,1-3H3,(H,25,27)/b22-12+. The molecule has 2 atom stereocenters. The Balaban J connectivity index is 1.58. The van der Waals surface area contributed by atoms with Gasteiger partial charge in [0, 0.05) is 23.7 Å². The van der Waals surface area contributed by atoms with E-state index in [4.69, 9.17) is 9.47 Å². The Bertz CT molecular complexity index is 978. The molecule has 10 heteroatoms. The topological polar surface area (TPSA) is 127 Å². The first kappa shape index (κ1) is 22.2. The molecule has 0 spiro atoms. The maximum atomic E-state index is 12.4. The number of hydrazine groups is 1. The lowest BCUT2D eigenvalue weighted by molar-refractivity contribution is -0.384. The summed E-state index contributed by atoms with van der Waals surface area (Å²) < 4.78 is 11.2. The van der Waals surface area contributed by atoms with Gasteiger partial charge in [-0.3, -0.25) is 14.9 Å². The van der Waals surface area contributed by atoms with Gasteiger partial charge < -0.3 is 9.47 Å². The molecular formula is C21H25N5O5. The van der Waals surface area contributed by atoms with Crippen LogP contribution < -0.4 is 25.8 Å². The molecule has 1 saturated heterocycles. The van der Waals surface area contributed by atoms with Gasteiger partial charge in [0.2, 0.25) is 0 Å². The molecule has 0 bridgehead atoms. The summed E-state index contributed by atoms with van der Waals surface area (Å²) >= 11 is 0. The van der Waals surface area contributed by atoms with Crippen molar-refractivity contribution < 1.29 is 19.2 Å². The molecule has 0 radical (unpaired) electrons. The van der Waals surface area contributed by atoms with Gasteiger partial charge in [-0.2, -0.15) is 5.10 Å². The number of ether oxygens (including phenoxy) is 2. The van der Waals surface area contributed by atoms with Crippen molar-refractivity contribution in [3.63, 3.8) is 0 Å². The van der Waals surface area contributed by atoms with Gasteiger partial charge in [0.05, 0.1) is 24.4 Å². The first-order valence-corrected chi connectivity index (χ1v) is 9.80. The first-order chi connectivity index (χ1) is 14.9. The Labute approximate surface area is 179 Å². The van der Waals surface area contributed by atoms with Crippen molar-refractivity contribution in [3.05, 3.63) is 63.7 Å². The lowest BCUT2D eigenvalue weighted by Gasteiger charge is -2.16. The van der Waals surface area contributed by atoms with Crippen LogP contribution in [0.15, 0.2) is 47.6 Å². The molecule has 1 aliphatic rings. The molecule has 0 saturated carbocycles. The third-order valence-electron chi connectivity index (χ3n) is 4.64. The molecule has 164 valence electrons. The number of hydrazone groups is 1. The number of nitro benzene ring substituents is 1. The Morgan fingerprint density at radius 3 is 2.77 bits per heavy atom. The van der Waals surface area contributed by atoms with Crippen molar-refractivity contribution >= 4 is 17.8 Å². The van der Waals surface area contributed by atoms with Crippen molar-refractivity contribution in [3.8, 4) is 11.5 Å². The molecule has 1 fully saturated rings. The normalized spacial score (nSPS) is 18.3. The Kier molecular flexibility index (Phi) is 7.16. The van der Waals surface area contributed by atoms with Crippen LogP contribution in [-0.2, 0) is 4.79 Å². The quantitative estimate of drug-likeness (QED) is 0.335. The second-order valence-corrected chi connectivity index (χ2v) is 7.29. The van der Waals surface area contributed by atoms with Crippen molar-refractivity contribution in [2.75, 3.05) is 7.11 Å². The molecule has 2 aromatic rings. The minimum absolute atomic E-state index is 0.0293. The number of nitro groups is 1. The van der Waals surface area contributed by atoms with Crippen LogP contribution in [0.3, 0.4) is 0 Å². The highest BCUT2D eigenvalue weighted by molar-refractivity contribution is 5.85. The summed E-state index contributed by atoms with van der Waals surface area (Å²) in [6, 6.07) is 11.1. The highest BCUT2D eigenvalue weighted by Gasteiger charge is 2.30. The highest BCUT2D eigenvalue weighted by atomic mass is 16.6. The zero-order valence-corrected chi connectivity index (χ0v) is 17.5. The highest BCUT2D eigenvalue weighted by Crippen LogP contribution is 2.33. The number of carbonyl (C=O) groups is 1. The van der Waals surface area contributed by atoms with Gasteiger partial charge in [-0.1, -0.05) is 18.2 Å². The summed E-state index contributed by atoms with van der Waals surface area (Å²) in [5, 5.41) is 14.7. The lowest BCUT2D eigenvalue weighted by Crippen LogP contribution is -2.41. The van der Waals surface area contributed by atoms with Crippen LogP contribution in [-0.4, -0.2) is 36.3 Å². The zero-order valence-electron chi connectivity index (χ0n) is 17.5. The second kappa shape index (κ2) is 10.0. The van der Waals surface area contributed by atoms with Crippen LogP contribution in [0.4, 0.5) is 5.69 Å². The lowest BCUT2D eigenvalue weighted by atomic mass is 10.0. The van der Waals surface area contributed by atoms with Gasteiger partial charge in [-0.15, -0.1) is 0 Å². The SMILES string of the molecule is COc1cc(C2CC(C(=O)N/N=C/c3cccc([N+](=O)[O-])c3)NN2)ccc1OC(C)C. The average molecular weight is 427 g/mol. The van der Waals surface area contributed by atoms with E-state index >= 15 is 0 Å². The third-order valence-corrected chi connectivity index (χ3v) is 4.64. The molecule has 3 N–H and O–H groups in total. The monoisotopic (exact) mass is 427 g/mol. The van der Waals surface area contributed by atoms with Gasteiger partial charge in [0.15, 0.2) is 11.5 Å². The van der Waals surface area contributed by atoms with E-state index in [1.54, 1.807) is 19.2 Å². The molecule has 10 nitrogen and oxygen atoms in total. The number of benzene rings is 2. The van der Waals surface area contributed by atoms with Crippen molar-refractivity contribution in [2.24, 2.45) is 5.10 Å². The molecule has 0 aromatic heterocycles. The molecule has 31 heavy (non-hydrogen) atoms. The summed E-state index contributed by atoms with van der Waals surface area (Å²) in [5.74, 6) is 0.975. The summed E-state index contributed by atoms with van der Waals surface area (Å²) in [6.45, 7) is 3.89. The van der Waals surface area contributed by atoms with E-state index in [9.17, 15) is 14.9 Å². The predicted molar refractivity (Wildman–Crippen MR) is 115 cm³/mol. The van der Waals surface area contributed by atoms with Gasteiger partial charge in [0.25, 0.3) is 11.6 Å². The number of nitrogens with zero attached hydrogens (tertiary/aromatic N) is 2. The predicted octanol–water partition coefficient (Wildman–Crippen LogP) is 2.45. The molecular weight excluding hydrogens is 402 g/mol. The fraction of sp³-hybridized carbons (Fsp3) is 0.333. The third kappa shape index (κ3) is 5.77. The van der Waals surface area contributed by atoms with E-state index in [-0.39, 0.29) is 23.7 Å². The number of methoxy groups -OCH3 is 1. The number of rotatable bonds is 8. The largest absolute Gasteiger partial charge is 0.493 e. The van der Waals surface area contributed by atoms with Gasteiger partial charge in [0.1, 0.15) is 6.04 Å². The summed E-state index contributed by atoms with van der Waals surface area (Å²) in [5.41, 5.74) is 9.96. The molecule has 1 aliphatic heterocycles. The number of non-ortho nitro benzene ring substituents is 1. The van der Waals surface area contributed by atoms with E-state index < -0.39 is 11.0 Å². The Morgan fingerprint density at radius 1 is 1.26 bits per heavy atom. The van der Waals surface area contributed by atoms with Crippen LogP contribution in [0.5, 0.6) is 11.5 Å². The average Bonchev–Trinajstić information content (AvgIpc) is 3.24. The van der Waals surface area contributed by atoms with Gasteiger partial charge >= 0.3 is 0 Å². The fourth-order valence-corrected chi connectivity index (χ4v) is 3.17. The van der Waals surface area contributed by atoms with Gasteiger partial charge in [-0.25, -0.2) is 16.3 Å². The van der Waals surface area contributed by atoms with Crippen molar-refractivity contribution in [1.29, 1.82) is 0 Å². The molecule has 1 heterocycles. The molecule has 3 rings (SSSR count). The Morgan fingerprint density at radius 2 is 2.06 bits per heavy atom. The molecule has 2 aromatic carbocycles. The maximum absolute atomic E-state index is 12.4. The maximum Gasteiger partial charge on any atom is 0.270 e. The number of carbonyl (C=O) groups excluding carboxylic acids is 1. The second-order valence-electron chi connectivity index (χ2n) is 7.29. The van der Waals surface area contributed by atoms with Crippen molar-refractivity contribution in [2.45, 2.75) is 38.5 Å².